The highest BCUT2D eigenvalue weighted by Gasteiger charge is 2.32. The first-order valence-electron chi connectivity index (χ1n) is 9.93. The summed E-state index contributed by atoms with van der Waals surface area (Å²) in [5, 5.41) is 7.64. The molecule has 6 nitrogen and oxygen atoms in total. The van der Waals surface area contributed by atoms with Crippen LogP contribution in [0.3, 0.4) is 0 Å². The van der Waals surface area contributed by atoms with Crippen molar-refractivity contribution in [2.45, 2.75) is 57.7 Å². The molecule has 3 rings (SSSR count). The van der Waals surface area contributed by atoms with Gasteiger partial charge >= 0.3 is 6.03 Å². The SMILES string of the molecule is C[C@H](C(=O)NC(=O)NC1CCCCC1)[NH+]1CC[NH+](Cc2cccs2)CC1. The zero-order chi connectivity index (χ0) is 18.4. The topological polar surface area (TPSA) is 67.1 Å². The Hall–Kier alpha value is -1.44. The van der Waals surface area contributed by atoms with Gasteiger partial charge in [-0.1, -0.05) is 25.3 Å². The van der Waals surface area contributed by atoms with Gasteiger partial charge in [-0.25, -0.2) is 4.79 Å². The molecule has 2 aliphatic rings. The molecular formula is C19H32N4O2S+2. The second-order valence-electron chi connectivity index (χ2n) is 7.68. The number of nitrogens with one attached hydrogen (secondary N) is 4. The van der Waals surface area contributed by atoms with Crippen LogP contribution in [0.4, 0.5) is 4.79 Å². The van der Waals surface area contributed by atoms with E-state index in [4.69, 9.17) is 0 Å². The number of piperazine rings is 1. The number of urea groups is 1. The van der Waals surface area contributed by atoms with Gasteiger partial charge in [-0.3, -0.25) is 10.1 Å². The van der Waals surface area contributed by atoms with Gasteiger partial charge < -0.3 is 15.1 Å². The first-order valence-corrected chi connectivity index (χ1v) is 10.8. The van der Waals surface area contributed by atoms with Crippen LogP contribution in [-0.2, 0) is 11.3 Å². The molecule has 26 heavy (non-hydrogen) atoms. The molecule has 2 fully saturated rings. The summed E-state index contributed by atoms with van der Waals surface area (Å²) in [5.74, 6) is -0.157. The minimum absolute atomic E-state index is 0.157. The average molecular weight is 381 g/mol. The van der Waals surface area contributed by atoms with Crippen LogP contribution in [0, 0.1) is 0 Å². The van der Waals surface area contributed by atoms with Gasteiger partial charge in [0.15, 0.2) is 6.04 Å². The van der Waals surface area contributed by atoms with Crippen LogP contribution in [0.25, 0.3) is 0 Å². The van der Waals surface area contributed by atoms with E-state index in [9.17, 15) is 9.59 Å². The summed E-state index contributed by atoms with van der Waals surface area (Å²) in [7, 11) is 0. The summed E-state index contributed by atoms with van der Waals surface area (Å²) < 4.78 is 0. The average Bonchev–Trinajstić information content (AvgIpc) is 3.15. The molecule has 2 heterocycles. The van der Waals surface area contributed by atoms with E-state index in [2.05, 4.69) is 28.1 Å². The minimum atomic E-state index is -0.324. The molecule has 1 aliphatic heterocycles. The maximum Gasteiger partial charge on any atom is 0.321 e. The zero-order valence-electron chi connectivity index (χ0n) is 15.7. The lowest BCUT2D eigenvalue weighted by Gasteiger charge is -2.32. The van der Waals surface area contributed by atoms with E-state index in [1.165, 1.54) is 16.2 Å². The predicted octanol–water partition coefficient (Wildman–Crippen LogP) is -0.421. The molecule has 1 saturated carbocycles. The van der Waals surface area contributed by atoms with Crippen LogP contribution in [0.15, 0.2) is 17.5 Å². The lowest BCUT2D eigenvalue weighted by atomic mass is 9.96. The molecule has 0 bridgehead atoms. The van der Waals surface area contributed by atoms with E-state index in [0.717, 1.165) is 58.4 Å². The van der Waals surface area contributed by atoms with Gasteiger partial charge in [-0.05, 0) is 31.2 Å². The maximum atomic E-state index is 12.4. The molecule has 0 spiro atoms. The fourth-order valence-electron chi connectivity index (χ4n) is 4.07. The van der Waals surface area contributed by atoms with Crippen molar-refractivity contribution in [2.24, 2.45) is 0 Å². The van der Waals surface area contributed by atoms with Gasteiger partial charge in [0.25, 0.3) is 5.91 Å². The Labute approximate surface area is 159 Å². The Bertz CT molecular complexity index is 578. The maximum absolute atomic E-state index is 12.4. The van der Waals surface area contributed by atoms with E-state index in [1.54, 1.807) is 4.90 Å². The van der Waals surface area contributed by atoms with E-state index in [0.29, 0.717) is 0 Å². The molecule has 7 heteroatoms. The molecule has 0 aromatic carbocycles. The van der Waals surface area contributed by atoms with Crippen LogP contribution in [0.1, 0.15) is 43.9 Å². The van der Waals surface area contributed by atoms with E-state index in [-0.39, 0.29) is 24.0 Å². The quantitative estimate of drug-likeness (QED) is 0.561. The third-order valence-electron chi connectivity index (χ3n) is 5.79. The van der Waals surface area contributed by atoms with Crippen molar-refractivity contribution in [3.63, 3.8) is 0 Å². The number of thiophene rings is 1. The van der Waals surface area contributed by atoms with Crippen molar-refractivity contribution < 1.29 is 19.4 Å². The highest BCUT2D eigenvalue weighted by Crippen LogP contribution is 2.17. The van der Waals surface area contributed by atoms with Gasteiger partial charge in [0, 0.05) is 6.04 Å². The number of amides is 3. The number of quaternary nitrogens is 2. The first kappa shape index (κ1) is 19.3. The van der Waals surface area contributed by atoms with Crippen LogP contribution < -0.4 is 20.4 Å². The van der Waals surface area contributed by atoms with E-state index < -0.39 is 0 Å². The largest absolute Gasteiger partial charge is 0.335 e. The predicted molar refractivity (Wildman–Crippen MR) is 102 cm³/mol. The van der Waals surface area contributed by atoms with Crippen LogP contribution in [0.2, 0.25) is 0 Å². The molecule has 144 valence electrons. The minimum Gasteiger partial charge on any atom is -0.335 e. The molecule has 1 atom stereocenters. The summed E-state index contributed by atoms with van der Waals surface area (Å²) in [6, 6.07) is 4.01. The van der Waals surface area contributed by atoms with Crippen molar-refractivity contribution >= 4 is 23.3 Å². The van der Waals surface area contributed by atoms with Crippen molar-refractivity contribution in [1.82, 2.24) is 10.6 Å². The fraction of sp³-hybridized carbons (Fsp3) is 0.684. The monoisotopic (exact) mass is 380 g/mol. The lowest BCUT2D eigenvalue weighted by Crippen LogP contribution is -3.29. The molecule has 1 aliphatic carbocycles. The molecule has 1 aromatic rings. The standard InChI is InChI=1S/C19H30N4O2S/c1-15(18(24)21-19(25)20-16-6-3-2-4-7-16)23-11-9-22(10-12-23)14-17-8-5-13-26-17/h5,8,13,15-16H,2-4,6-7,9-12,14H2,1H3,(H2,20,21,24,25)/p+2/t15-/m1/s1. The molecule has 4 N–H and O–H groups in total. The Morgan fingerprint density at radius 3 is 2.58 bits per heavy atom. The number of rotatable bonds is 5. The Morgan fingerprint density at radius 2 is 1.92 bits per heavy atom. The first-order chi connectivity index (χ1) is 12.6. The van der Waals surface area contributed by atoms with Crippen molar-refractivity contribution in [3.8, 4) is 0 Å². The third-order valence-corrected chi connectivity index (χ3v) is 6.66. The fourth-order valence-corrected chi connectivity index (χ4v) is 4.84. The van der Waals surface area contributed by atoms with E-state index >= 15 is 0 Å². The summed E-state index contributed by atoms with van der Waals surface area (Å²) in [6.07, 6.45) is 5.63. The molecule has 1 saturated heterocycles. The Morgan fingerprint density at radius 1 is 1.19 bits per heavy atom. The molecule has 1 aromatic heterocycles. The highest BCUT2D eigenvalue weighted by molar-refractivity contribution is 7.09. The second-order valence-corrected chi connectivity index (χ2v) is 8.72. The van der Waals surface area contributed by atoms with Gasteiger partial charge in [-0.2, -0.15) is 0 Å². The number of hydrogen-bond donors (Lipinski definition) is 4. The molecule has 3 amide bonds. The third kappa shape index (κ3) is 5.53. The lowest BCUT2D eigenvalue weighted by molar-refractivity contribution is -1.02. The van der Waals surface area contributed by atoms with Gasteiger partial charge in [-0.15, -0.1) is 11.3 Å². The van der Waals surface area contributed by atoms with Gasteiger partial charge in [0.1, 0.15) is 32.7 Å². The summed E-state index contributed by atoms with van der Waals surface area (Å²) in [6.45, 7) is 7.09. The summed E-state index contributed by atoms with van der Waals surface area (Å²) >= 11 is 1.81. The zero-order valence-corrected chi connectivity index (χ0v) is 16.5. The Balaban J connectivity index is 1.38. The molecule has 0 unspecified atom stereocenters. The number of carbonyl (C=O) groups is 2. The highest BCUT2D eigenvalue weighted by atomic mass is 32.1. The normalized spacial score (nSPS) is 25.4. The number of imide groups is 1. The second kappa shape index (κ2) is 9.48. The van der Waals surface area contributed by atoms with Crippen molar-refractivity contribution in [3.05, 3.63) is 22.4 Å². The Kier molecular flexibility index (Phi) is 7.05. The molecular weight excluding hydrogens is 348 g/mol. The van der Waals surface area contributed by atoms with Crippen LogP contribution in [0.5, 0.6) is 0 Å². The van der Waals surface area contributed by atoms with Crippen LogP contribution >= 0.6 is 11.3 Å². The van der Waals surface area contributed by atoms with Crippen molar-refractivity contribution in [1.29, 1.82) is 0 Å². The summed E-state index contributed by atoms with van der Waals surface area (Å²) in [5.41, 5.74) is 0. The van der Waals surface area contributed by atoms with Crippen molar-refractivity contribution in [2.75, 3.05) is 26.2 Å². The molecule has 0 radical (unpaired) electrons. The van der Waals surface area contributed by atoms with E-state index in [1.807, 2.05) is 18.3 Å². The smallest absolute Gasteiger partial charge is 0.321 e. The number of carbonyl (C=O) groups excluding carboxylic acids is 2. The van der Waals surface area contributed by atoms with Gasteiger partial charge in [0.2, 0.25) is 0 Å². The summed E-state index contributed by atoms with van der Waals surface area (Å²) in [4.78, 5) is 28.8. The van der Waals surface area contributed by atoms with Gasteiger partial charge in [0.05, 0.1) is 4.88 Å². The number of hydrogen-bond acceptors (Lipinski definition) is 3. The van der Waals surface area contributed by atoms with Crippen LogP contribution in [-0.4, -0.2) is 50.2 Å².